The number of hydrogen-bond donors (Lipinski definition) is 0. The molecule has 0 unspecified atom stereocenters. The Labute approximate surface area is 290 Å². The molecule has 0 aliphatic rings. The molecule has 8 aromatic carbocycles. The lowest BCUT2D eigenvalue weighted by molar-refractivity contribution is 1.18. The van der Waals surface area contributed by atoms with Gasteiger partial charge in [0.1, 0.15) is 0 Å². The predicted molar refractivity (Wildman–Crippen MR) is 211 cm³/mol. The molecule has 2 nitrogen and oxygen atoms in total. The summed E-state index contributed by atoms with van der Waals surface area (Å²) in [7, 11) is 0. The number of rotatable bonds is 5. The smallest absolute Gasteiger partial charge is 0.0547 e. The average molecular weight is 637 g/mol. The van der Waals surface area contributed by atoms with Gasteiger partial charge in [0.25, 0.3) is 0 Å². The number of fused-ring (bicyclic) bond motifs is 6. The van der Waals surface area contributed by atoms with Crippen molar-refractivity contribution in [3.63, 3.8) is 0 Å². The molecule has 0 fully saturated rings. The highest BCUT2D eigenvalue weighted by molar-refractivity contribution is 6.19. The lowest BCUT2D eigenvalue weighted by atomic mass is 9.90. The zero-order chi connectivity index (χ0) is 33.0. The molecule has 0 saturated carbocycles. The molecule has 0 bridgehead atoms. The highest BCUT2D eigenvalue weighted by Crippen LogP contribution is 2.45. The van der Waals surface area contributed by atoms with E-state index >= 15 is 0 Å². The van der Waals surface area contributed by atoms with Crippen LogP contribution in [0.5, 0.6) is 0 Å². The first-order valence-corrected chi connectivity index (χ1v) is 17.2. The third-order valence-corrected chi connectivity index (χ3v) is 10.1. The molecule has 234 valence electrons. The largest absolute Gasteiger partial charge is 0.309 e. The van der Waals surface area contributed by atoms with Gasteiger partial charge in [-0.3, -0.25) is 0 Å². The molecule has 0 amide bonds. The minimum absolute atomic E-state index is 1.16. The van der Waals surface area contributed by atoms with Crippen molar-refractivity contribution in [2.75, 3.05) is 0 Å². The lowest BCUT2D eigenvalue weighted by Gasteiger charge is -2.15. The van der Waals surface area contributed by atoms with Crippen LogP contribution in [0.4, 0.5) is 0 Å². The molecule has 2 aromatic heterocycles. The van der Waals surface area contributed by atoms with Gasteiger partial charge in [-0.2, -0.15) is 0 Å². The van der Waals surface area contributed by atoms with E-state index in [2.05, 4.69) is 203 Å². The van der Waals surface area contributed by atoms with Crippen LogP contribution in [0.15, 0.2) is 194 Å². The first-order chi connectivity index (χ1) is 24.8. The van der Waals surface area contributed by atoms with Gasteiger partial charge in [0.2, 0.25) is 0 Å². The van der Waals surface area contributed by atoms with Crippen LogP contribution >= 0.6 is 0 Å². The van der Waals surface area contributed by atoms with Crippen LogP contribution in [0.25, 0.3) is 88.4 Å². The molecule has 10 rings (SSSR count). The second kappa shape index (κ2) is 11.5. The molecular formula is C48H32N2. The van der Waals surface area contributed by atoms with Crippen molar-refractivity contribution in [2.24, 2.45) is 0 Å². The van der Waals surface area contributed by atoms with Gasteiger partial charge in [-0.1, -0.05) is 140 Å². The third kappa shape index (κ3) is 4.43. The monoisotopic (exact) mass is 636 g/mol. The fourth-order valence-corrected chi connectivity index (χ4v) is 7.91. The van der Waals surface area contributed by atoms with E-state index in [0.717, 1.165) is 11.4 Å². The van der Waals surface area contributed by atoms with Crippen molar-refractivity contribution in [3.8, 4) is 44.8 Å². The van der Waals surface area contributed by atoms with Crippen LogP contribution in [-0.2, 0) is 0 Å². The van der Waals surface area contributed by atoms with E-state index < -0.39 is 0 Å². The van der Waals surface area contributed by atoms with Gasteiger partial charge >= 0.3 is 0 Å². The Hall–Kier alpha value is -6.64. The van der Waals surface area contributed by atoms with Gasteiger partial charge < -0.3 is 9.13 Å². The molecule has 0 N–H and O–H groups in total. The second-order valence-electron chi connectivity index (χ2n) is 12.9. The summed E-state index contributed by atoms with van der Waals surface area (Å²) in [4.78, 5) is 0. The third-order valence-electron chi connectivity index (χ3n) is 10.1. The molecule has 0 radical (unpaired) electrons. The highest BCUT2D eigenvalue weighted by atomic mass is 15.0. The topological polar surface area (TPSA) is 9.86 Å². The van der Waals surface area contributed by atoms with E-state index in [-0.39, 0.29) is 0 Å². The zero-order valence-corrected chi connectivity index (χ0v) is 27.4. The van der Waals surface area contributed by atoms with Crippen molar-refractivity contribution in [2.45, 2.75) is 0 Å². The standard InChI is InChI=1S/C48H32N2/c1-4-14-33(15-5-1)34-24-27-38(28-25-34)49-43-22-12-10-20-40(43)42-32-36(26-30-45(42)49)39-29-31-46-48(47(39)35-16-6-2-7-17-35)41-21-11-13-23-44(41)50(46)37-18-8-3-9-19-37/h1-32H. The van der Waals surface area contributed by atoms with Gasteiger partial charge in [0.15, 0.2) is 0 Å². The molecule has 2 heterocycles. The van der Waals surface area contributed by atoms with Crippen LogP contribution in [0.1, 0.15) is 0 Å². The Morgan fingerprint density at radius 1 is 0.280 bits per heavy atom. The summed E-state index contributed by atoms with van der Waals surface area (Å²) in [6.07, 6.45) is 0. The number of benzene rings is 8. The number of aromatic nitrogens is 2. The van der Waals surface area contributed by atoms with Crippen molar-refractivity contribution in [3.05, 3.63) is 194 Å². The minimum atomic E-state index is 1.16. The van der Waals surface area contributed by atoms with Crippen molar-refractivity contribution >= 4 is 43.6 Å². The van der Waals surface area contributed by atoms with Crippen LogP contribution in [0.2, 0.25) is 0 Å². The van der Waals surface area contributed by atoms with E-state index in [4.69, 9.17) is 0 Å². The SMILES string of the molecule is c1ccc(-c2ccc(-n3c4ccccc4c4cc(-c5ccc6c(c5-c5ccccc5)c5ccccc5n6-c5ccccc5)ccc43)cc2)cc1. The van der Waals surface area contributed by atoms with Crippen LogP contribution in [0.3, 0.4) is 0 Å². The molecule has 0 saturated heterocycles. The maximum atomic E-state index is 2.40. The first-order valence-electron chi connectivity index (χ1n) is 17.2. The number of nitrogens with zero attached hydrogens (tertiary/aromatic N) is 2. The predicted octanol–water partition coefficient (Wildman–Crippen LogP) is 12.9. The van der Waals surface area contributed by atoms with Crippen molar-refractivity contribution in [1.29, 1.82) is 0 Å². The lowest BCUT2D eigenvalue weighted by Crippen LogP contribution is -1.94. The summed E-state index contributed by atoms with van der Waals surface area (Å²) in [5, 5.41) is 5.02. The Bertz CT molecular complexity index is 2820. The Balaban J connectivity index is 1.22. The maximum Gasteiger partial charge on any atom is 0.0547 e. The molecule has 0 aliphatic carbocycles. The summed E-state index contributed by atoms with van der Waals surface area (Å²) in [5.41, 5.74) is 14.5. The number of hydrogen-bond acceptors (Lipinski definition) is 0. The normalized spacial score (nSPS) is 11.6. The van der Waals surface area contributed by atoms with Crippen molar-refractivity contribution < 1.29 is 0 Å². The zero-order valence-electron chi connectivity index (χ0n) is 27.4. The Morgan fingerprint density at radius 3 is 1.48 bits per heavy atom. The fourth-order valence-electron chi connectivity index (χ4n) is 7.91. The molecule has 2 heteroatoms. The van der Waals surface area contributed by atoms with Crippen LogP contribution < -0.4 is 0 Å². The first kappa shape index (κ1) is 28.4. The quantitative estimate of drug-likeness (QED) is 0.178. The van der Waals surface area contributed by atoms with Gasteiger partial charge in [0, 0.05) is 32.9 Å². The summed E-state index contributed by atoms with van der Waals surface area (Å²) in [6.45, 7) is 0. The molecule has 0 spiro atoms. The van der Waals surface area contributed by atoms with E-state index in [0.29, 0.717) is 0 Å². The summed E-state index contributed by atoms with van der Waals surface area (Å²) < 4.78 is 4.80. The molecule has 0 aliphatic heterocycles. The number of para-hydroxylation sites is 3. The van der Waals surface area contributed by atoms with E-state index in [1.807, 2.05) is 0 Å². The maximum absolute atomic E-state index is 2.40. The van der Waals surface area contributed by atoms with E-state index in [1.165, 1.54) is 77.0 Å². The van der Waals surface area contributed by atoms with E-state index in [1.54, 1.807) is 0 Å². The minimum Gasteiger partial charge on any atom is -0.309 e. The summed E-state index contributed by atoms with van der Waals surface area (Å²) >= 11 is 0. The fraction of sp³-hybridized carbons (Fsp3) is 0. The van der Waals surface area contributed by atoms with Gasteiger partial charge in [-0.05, 0) is 88.0 Å². The molecule has 0 atom stereocenters. The Kier molecular flexibility index (Phi) is 6.53. The Morgan fingerprint density at radius 2 is 0.760 bits per heavy atom. The van der Waals surface area contributed by atoms with Gasteiger partial charge in [0.05, 0.1) is 22.1 Å². The molecule has 10 aromatic rings. The van der Waals surface area contributed by atoms with Gasteiger partial charge in [-0.25, -0.2) is 0 Å². The summed E-state index contributed by atoms with van der Waals surface area (Å²) in [5.74, 6) is 0. The van der Waals surface area contributed by atoms with Crippen LogP contribution in [0, 0.1) is 0 Å². The van der Waals surface area contributed by atoms with Crippen molar-refractivity contribution in [1.82, 2.24) is 9.13 Å². The van der Waals surface area contributed by atoms with Gasteiger partial charge in [-0.15, -0.1) is 0 Å². The van der Waals surface area contributed by atoms with E-state index in [9.17, 15) is 0 Å². The summed E-state index contributed by atoms with van der Waals surface area (Å²) in [6, 6.07) is 70.4. The van der Waals surface area contributed by atoms with Crippen LogP contribution in [-0.4, -0.2) is 9.13 Å². The molecule has 50 heavy (non-hydrogen) atoms. The molecular weight excluding hydrogens is 605 g/mol. The second-order valence-corrected chi connectivity index (χ2v) is 12.9. The highest BCUT2D eigenvalue weighted by Gasteiger charge is 2.21. The average Bonchev–Trinajstić information content (AvgIpc) is 3.71.